The van der Waals surface area contributed by atoms with Crippen LogP contribution in [0.1, 0.15) is 15.9 Å². The van der Waals surface area contributed by atoms with Gasteiger partial charge in [0.25, 0.3) is 11.8 Å². The smallest absolute Gasteiger partial charge is 0.259 e. The number of nitrogens with zero attached hydrogens (tertiary/aromatic N) is 1. The topological polar surface area (TPSA) is 70.6 Å². The summed E-state index contributed by atoms with van der Waals surface area (Å²) in [4.78, 5) is 23.8. The molecule has 0 saturated carbocycles. The van der Waals surface area contributed by atoms with Gasteiger partial charge in [0.1, 0.15) is 0 Å². The van der Waals surface area contributed by atoms with Crippen molar-refractivity contribution in [1.82, 2.24) is 10.7 Å². The van der Waals surface area contributed by atoms with Crippen molar-refractivity contribution in [1.29, 1.82) is 0 Å². The molecule has 3 rings (SSSR count). The fourth-order valence-corrected chi connectivity index (χ4v) is 2.70. The van der Waals surface area contributed by atoms with Gasteiger partial charge in [-0.15, -0.1) is 0 Å². The van der Waals surface area contributed by atoms with Gasteiger partial charge in [-0.3, -0.25) is 9.59 Å². The first-order chi connectivity index (χ1) is 12.6. The van der Waals surface area contributed by atoms with E-state index in [1.165, 1.54) is 0 Å². The first-order valence-electron chi connectivity index (χ1n) is 7.97. The van der Waals surface area contributed by atoms with E-state index in [2.05, 4.69) is 15.8 Å². The zero-order valence-electron chi connectivity index (χ0n) is 13.8. The lowest BCUT2D eigenvalue weighted by Gasteiger charge is -2.05. The Balaban J connectivity index is 1.56. The lowest BCUT2D eigenvalue weighted by Crippen LogP contribution is -2.35. The summed E-state index contributed by atoms with van der Waals surface area (Å²) in [5, 5.41) is 8.93. The molecule has 26 heavy (non-hydrogen) atoms. The van der Waals surface area contributed by atoms with E-state index in [0.29, 0.717) is 10.6 Å². The highest BCUT2D eigenvalue weighted by atomic mass is 35.5. The van der Waals surface area contributed by atoms with Crippen LogP contribution in [0.4, 0.5) is 0 Å². The molecule has 0 saturated heterocycles. The highest BCUT2D eigenvalue weighted by Crippen LogP contribution is 2.16. The molecule has 6 heteroatoms. The Morgan fingerprint density at radius 1 is 0.962 bits per heavy atom. The SMILES string of the molecule is O=C(CNC(=O)c1ccccc1Cl)NN=Cc1cccc2ccccc12. The summed E-state index contributed by atoms with van der Waals surface area (Å²) in [7, 11) is 0. The molecule has 0 spiro atoms. The van der Waals surface area contributed by atoms with Crippen LogP contribution in [0.5, 0.6) is 0 Å². The number of benzene rings is 3. The molecule has 0 radical (unpaired) electrons. The predicted molar refractivity (Wildman–Crippen MR) is 103 cm³/mol. The minimum Gasteiger partial charge on any atom is -0.343 e. The van der Waals surface area contributed by atoms with Crippen molar-refractivity contribution in [2.75, 3.05) is 6.54 Å². The monoisotopic (exact) mass is 365 g/mol. The molecular weight excluding hydrogens is 350 g/mol. The molecule has 0 unspecified atom stereocenters. The molecule has 0 aliphatic carbocycles. The molecular formula is C20H16ClN3O2. The third-order valence-electron chi connectivity index (χ3n) is 3.74. The zero-order chi connectivity index (χ0) is 18.4. The fraction of sp³-hybridized carbons (Fsp3) is 0.0500. The summed E-state index contributed by atoms with van der Waals surface area (Å²) < 4.78 is 0. The van der Waals surface area contributed by atoms with Crippen molar-refractivity contribution in [2.45, 2.75) is 0 Å². The van der Waals surface area contributed by atoms with Gasteiger partial charge in [0.15, 0.2) is 0 Å². The largest absolute Gasteiger partial charge is 0.343 e. The second-order valence-electron chi connectivity index (χ2n) is 5.52. The minimum atomic E-state index is -0.429. The maximum Gasteiger partial charge on any atom is 0.259 e. The Bertz CT molecular complexity index is 980. The highest BCUT2D eigenvalue weighted by Gasteiger charge is 2.10. The Hall–Kier alpha value is -3.18. The number of rotatable bonds is 5. The maximum atomic E-state index is 12.0. The number of fused-ring (bicyclic) bond motifs is 1. The van der Waals surface area contributed by atoms with Gasteiger partial charge in [-0.1, -0.05) is 66.2 Å². The first-order valence-corrected chi connectivity index (χ1v) is 8.35. The zero-order valence-corrected chi connectivity index (χ0v) is 14.5. The van der Waals surface area contributed by atoms with Crippen molar-refractivity contribution in [3.8, 4) is 0 Å². The molecule has 0 fully saturated rings. The number of nitrogens with one attached hydrogen (secondary N) is 2. The van der Waals surface area contributed by atoms with Gasteiger partial charge in [0.2, 0.25) is 0 Å². The van der Waals surface area contributed by atoms with Crippen LogP contribution >= 0.6 is 11.6 Å². The molecule has 3 aromatic rings. The van der Waals surface area contributed by atoms with Crippen LogP contribution in [0.3, 0.4) is 0 Å². The lowest BCUT2D eigenvalue weighted by atomic mass is 10.1. The molecule has 0 aliphatic rings. The van der Waals surface area contributed by atoms with E-state index in [4.69, 9.17) is 11.6 Å². The fourth-order valence-electron chi connectivity index (χ4n) is 2.48. The van der Waals surface area contributed by atoms with Crippen LogP contribution in [-0.4, -0.2) is 24.6 Å². The molecule has 5 nitrogen and oxygen atoms in total. The van der Waals surface area contributed by atoms with Gasteiger partial charge in [-0.2, -0.15) is 5.10 Å². The molecule has 0 aromatic heterocycles. The normalized spacial score (nSPS) is 10.8. The Labute approximate surface area is 155 Å². The molecule has 0 atom stereocenters. The van der Waals surface area contributed by atoms with E-state index >= 15 is 0 Å². The van der Waals surface area contributed by atoms with Gasteiger partial charge >= 0.3 is 0 Å². The number of hydrogen-bond donors (Lipinski definition) is 2. The quantitative estimate of drug-likeness (QED) is 0.537. The van der Waals surface area contributed by atoms with Crippen LogP contribution in [0, 0.1) is 0 Å². The lowest BCUT2D eigenvalue weighted by molar-refractivity contribution is -0.120. The average molecular weight is 366 g/mol. The molecule has 130 valence electrons. The predicted octanol–water partition coefficient (Wildman–Crippen LogP) is 3.37. The Morgan fingerprint density at radius 2 is 1.69 bits per heavy atom. The number of amides is 2. The van der Waals surface area contributed by atoms with E-state index in [9.17, 15) is 9.59 Å². The number of halogens is 1. The van der Waals surface area contributed by atoms with E-state index in [0.717, 1.165) is 16.3 Å². The standard InChI is InChI=1S/C20H16ClN3O2/c21-18-11-4-3-10-17(18)20(26)22-13-19(25)24-23-12-15-8-5-7-14-6-1-2-9-16(14)15/h1-12H,13H2,(H,22,26)(H,24,25). The summed E-state index contributed by atoms with van der Waals surface area (Å²) in [6.07, 6.45) is 1.58. The van der Waals surface area contributed by atoms with Gasteiger partial charge < -0.3 is 5.32 Å². The summed E-state index contributed by atoms with van der Waals surface area (Å²) in [6.45, 7) is -0.197. The molecule has 2 amide bonds. The number of carbonyl (C=O) groups is 2. The van der Waals surface area contributed by atoms with Crippen molar-refractivity contribution in [2.24, 2.45) is 5.10 Å². The minimum absolute atomic E-state index is 0.197. The van der Waals surface area contributed by atoms with Crippen LogP contribution in [0.2, 0.25) is 5.02 Å². The van der Waals surface area contributed by atoms with E-state index in [1.807, 2.05) is 42.5 Å². The second kappa shape index (κ2) is 8.27. The van der Waals surface area contributed by atoms with Crippen LogP contribution < -0.4 is 10.7 Å². The van der Waals surface area contributed by atoms with Crippen molar-refractivity contribution in [3.05, 3.63) is 82.9 Å². The average Bonchev–Trinajstić information content (AvgIpc) is 2.66. The maximum absolute atomic E-state index is 12.0. The summed E-state index contributed by atoms with van der Waals surface area (Å²) in [5.74, 6) is -0.842. The third-order valence-corrected chi connectivity index (χ3v) is 4.07. The summed E-state index contributed by atoms with van der Waals surface area (Å²) >= 11 is 5.95. The number of hydrazone groups is 1. The molecule has 0 bridgehead atoms. The van der Waals surface area contributed by atoms with Gasteiger partial charge in [-0.05, 0) is 22.9 Å². The van der Waals surface area contributed by atoms with E-state index in [1.54, 1.807) is 30.5 Å². The van der Waals surface area contributed by atoms with Crippen LogP contribution in [-0.2, 0) is 4.79 Å². The van der Waals surface area contributed by atoms with E-state index < -0.39 is 11.8 Å². The first kappa shape index (κ1) is 17.6. The molecule has 0 aliphatic heterocycles. The van der Waals surface area contributed by atoms with Crippen molar-refractivity contribution in [3.63, 3.8) is 0 Å². The molecule has 2 N–H and O–H groups in total. The number of carbonyl (C=O) groups excluding carboxylic acids is 2. The van der Waals surface area contributed by atoms with Crippen molar-refractivity contribution < 1.29 is 9.59 Å². The Morgan fingerprint density at radius 3 is 2.54 bits per heavy atom. The summed E-state index contributed by atoms with van der Waals surface area (Å²) in [5.41, 5.74) is 3.61. The van der Waals surface area contributed by atoms with Crippen molar-refractivity contribution >= 4 is 40.4 Å². The molecule has 3 aromatic carbocycles. The molecule has 0 heterocycles. The van der Waals surface area contributed by atoms with Crippen LogP contribution in [0.25, 0.3) is 10.8 Å². The van der Waals surface area contributed by atoms with Gasteiger partial charge in [0.05, 0.1) is 23.3 Å². The second-order valence-corrected chi connectivity index (χ2v) is 5.93. The van der Waals surface area contributed by atoms with E-state index in [-0.39, 0.29) is 6.54 Å². The Kier molecular flexibility index (Phi) is 5.61. The van der Waals surface area contributed by atoms with Gasteiger partial charge in [-0.25, -0.2) is 5.43 Å². The van der Waals surface area contributed by atoms with Crippen LogP contribution in [0.15, 0.2) is 71.8 Å². The van der Waals surface area contributed by atoms with Gasteiger partial charge in [0, 0.05) is 5.56 Å². The third kappa shape index (κ3) is 4.26. The summed E-state index contributed by atoms with van der Waals surface area (Å²) in [6, 6.07) is 20.4. The highest BCUT2D eigenvalue weighted by molar-refractivity contribution is 6.33. The number of hydrogen-bond acceptors (Lipinski definition) is 3.